The van der Waals surface area contributed by atoms with Gasteiger partial charge in [0.2, 0.25) is 0 Å². The molecule has 194 valence electrons. The third-order valence-electron chi connectivity index (χ3n) is 6.41. The number of aliphatic hydroxyl groups excluding tert-OH is 1. The average Bonchev–Trinajstić information content (AvgIpc) is 2.89. The van der Waals surface area contributed by atoms with Crippen molar-refractivity contribution >= 4 is 11.8 Å². The molecule has 1 N–H and O–H groups in total. The SMILES string of the molecule is COCOc1ccc(C2(C)CSc3cc(OCOC)ccc3C2OCCCCCCCCO)cc1. The van der Waals surface area contributed by atoms with Crippen LogP contribution in [0, 0.1) is 0 Å². The third kappa shape index (κ3) is 7.86. The van der Waals surface area contributed by atoms with E-state index in [1.54, 1.807) is 14.2 Å². The van der Waals surface area contributed by atoms with E-state index >= 15 is 0 Å². The Morgan fingerprint density at radius 1 is 0.857 bits per heavy atom. The number of rotatable bonds is 16. The number of thioether (sulfide) groups is 1. The molecule has 35 heavy (non-hydrogen) atoms. The third-order valence-corrected chi connectivity index (χ3v) is 7.82. The van der Waals surface area contributed by atoms with Crippen LogP contribution in [0.15, 0.2) is 47.4 Å². The highest BCUT2D eigenvalue weighted by Gasteiger charge is 2.42. The van der Waals surface area contributed by atoms with Gasteiger partial charge in [-0.2, -0.15) is 0 Å². The van der Waals surface area contributed by atoms with Gasteiger partial charge in [-0.1, -0.05) is 50.8 Å². The molecular weight excluding hydrogens is 464 g/mol. The molecule has 0 spiro atoms. The lowest BCUT2D eigenvalue weighted by atomic mass is 9.76. The molecule has 0 amide bonds. The summed E-state index contributed by atoms with van der Waals surface area (Å²) in [4.78, 5) is 1.20. The van der Waals surface area contributed by atoms with Crippen LogP contribution in [-0.4, -0.2) is 51.9 Å². The molecule has 2 aromatic rings. The zero-order valence-corrected chi connectivity index (χ0v) is 22.1. The molecule has 1 aliphatic rings. The topological polar surface area (TPSA) is 66.4 Å². The fourth-order valence-corrected chi connectivity index (χ4v) is 5.72. The molecule has 2 atom stereocenters. The van der Waals surface area contributed by atoms with Crippen LogP contribution in [0.2, 0.25) is 0 Å². The highest BCUT2D eigenvalue weighted by Crippen LogP contribution is 2.51. The van der Waals surface area contributed by atoms with Gasteiger partial charge < -0.3 is 28.8 Å². The Morgan fingerprint density at radius 2 is 1.49 bits per heavy atom. The van der Waals surface area contributed by atoms with E-state index in [-0.39, 0.29) is 25.1 Å². The maximum atomic E-state index is 8.94. The van der Waals surface area contributed by atoms with Crippen LogP contribution in [0.25, 0.3) is 0 Å². The number of benzene rings is 2. The number of aliphatic hydroxyl groups is 1. The normalized spacial score (nSPS) is 19.4. The molecule has 0 bridgehead atoms. The quantitative estimate of drug-likeness (QED) is 0.219. The van der Waals surface area contributed by atoms with Crippen molar-refractivity contribution in [2.45, 2.75) is 61.9 Å². The standard InChI is InChI=1S/C28H40O6S/c1-28(22-10-12-23(13-11-22)33-20-30-2)19-35-26-18-24(34-21-31-3)14-15-25(26)27(28)32-17-9-7-5-4-6-8-16-29/h10-15,18,27,29H,4-9,16-17,19-21H2,1-3H3. The molecule has 1 heterocycles. The monoisotopic (exact) mass is 504 g/mol. The van der Waals surface area contributed by atoms with Gasteiger partial charge in [0, 0.05) is 43.5 Å². The highest BCUT2D eigenvalue weighted by molar-refractivity contribution is 7.99. The van der Waals surface area contributed by atoms with E-state index in [1.165, 1.54) is 28.9 Å². The molecule has 2 aromatic carbocycles. The molecule has 7 heteroatoms. The van der Waals surface area contributed by atoms with Crippen molar-refractivity contribution in [1.82, 2.24) is 0 Å². The minimum absolute atomic E-state index is 0.0599. The van der Waals surface area contributed by atoms with Crippen molar-refractivity contribution in [1.29, 1.82) is 0 Å². The predicted molar refractivity (Wildman–Crippen MR) is 139 cm³/mol. The Bertz CT molecular complexity index is 874. The van der Waals surface area contributed by atoms with Crippen LogP contribution in [-0.2, 0) is 19.6 Å². The summed E-state index contributed by atoms with van der Waals surface area (Å²) in [5.41, 5.74) is 2.25. The minimum atomic E-state index is -0.187. The van der Waals surface area contributed by atoms with Crippen molar-refractivity contribution in [3.8, 4) is 11.5 Å². The Kier molecular flexibility index (Phi) is 11.7. The first-order valence-corrected chi connectivity index (χ1v) is 13.4. The molecule has 0 fully saturated rings. The van der Waals surface area contributed by atoms with E-state index in [2.05, 4.69) is 31.2 Å². The van der Waals surface area contributed by atoms with E-state index < -0.39 is 0 Å². The second-order valence-electron chi connectivity index (χ2n) is 9.13. The summed E-state index contributed by atoms with van der Waals surface area (Å²) < 4.78 is 28.0. The Balaban J connectivity index is 1.74. The van der Waals surface area contributed by atoms with Crippen molar-refractivity contribution < 1.29 is 28.8 Å². The molecular formula is C28H40O6S. The summed E-state index contributed by atoms with van der Waals surface area (Å²) >= 11 is 1.84. The number of hydrogen-bond donors (Lipinski definition) is 1. The number of hydrogen-bond acceptors (Lipinski definition) is 7. The Labute approximate surface area is 214 Å². The summed E-state index contributed by atoms with van der Waals surface area (Å²) in [6, 6.07) is 14.5. The Hall–Kier alpha value is -1.77. The van der Waals surface area contributed by atoms with Gasteiger partial charge in [-0.3, -0.25) is 0 Å². The van der Waals surface area contributed by atoms with E-state index in [9.17, 15) is 0 Å². The van der Waals surface area contributed by atoms with E-state index in [0.29, 0.717) is 6.61 Å². The van der Waals surface area contributed by atoms with Gasteiger partial charge in [-0.25, -0.2) is 0 Å². The van der Waals surface area contributed by atoms with Crippen LogP contribution in [0.4, 0.5) is 0 Å². The summed E-state index contributed by atoms with van der Waals surface area (Å²) in [6.07, 6.45) is 6.47. The van der Waals surface area contributed by atoms with Crippen LogP contribution in [0.5, 0.6) is 11.5 Å². The Morgan fingerprint density at radius 3 is 2.17 bits per heavy atom. The van der Waals surface area contributed by atoms with E-state index in [4.69, 9.17) is 28.8 Å². The number of fused-ring (bicyclic) bond motifs is 1. The van der Waals surface area contributed by atoms with Crippen molar-refractivity contribution in [3.05, 3.63) is 53.6 Å². The number of ether oxygens (including phenoxy) is 5. The summed E-state index contributed by atoms with van der Waals surface area (Å²) in [5, 5.41) is 8.94. The van der Waals surface area contributed by atoms with Gasteiger partial charge in [0.15, 0.2) is 13.6 Å². The van der Waals surface area contributed by atoms with E-state index in [1.807, 2.05) is 30.0 Å². The largest absolute Gasteiger partial charge is 0.468 e. The minimum Gasteiger partial charge on any atom is -0.468 e. The first-order valence-electron chi connectivity index (χ1n) is 12.5. The fraction of sp³-hybridized carbons (Fsp3) is 0.571. The first kappa shape index (κ1) is 27.8. The molecule has 0 radical (unpaired) electrons. The van der Waals surface area contributed by atoms with Crippen LogP contribution >= 0.6 is 11.8 Å². The molecule has 0 aromatic heterocycles. The van der Waals surface area contributed by atoms with Gasteiger partial charge in [-0.15, -0.1) is 11.8 Å². The number of unbranched alkanes of at least 4 members (excludes halogenated alkanes) is 5. The van der Waals surface area contributed by atoms with Gasteiger partial charge >= 0.3 is 0 Å². The highest BCUT2D eigenvalue weighted by atomic mass is 32.2. The second-order valence-corrected chi connectivity index (χ2v) is 10.1. The van der Waals surface area contributed by atoms with Crippen molar-refractivity contribution in [3.63, 3.8) is 0 Å². The molecule has 2 unspecified atom stereocenters. The predicted octanol–water partition coefficient (Wildman–Crippen LogP) is 6.11. The van der Waals surface area contributed by atoms with E-state index in [0.717, 1.165) is 49.5 Å². The zero-order valence-electron chi connectivity index (χ0n) is 21.3. The second kappa shape index (κ2) is 14.7. The maximum Gasteiger partial charge on any atom is 0.188 e. The molecule has 3 rings (SSSR count). The van der Waals surface area contributed by atoms with Gasteiger partial charge in [-0.05, 0) is 48.2 Å². The van der Waals surface area contributed by atoms with Gasteiger partial charge in [0.25, 0.3) is 0 Å². The van der Waals surface area contributed by atoms with Gasteiger partial charge in [0.1, 0.15) is 11.5 Å². The lowest BCUT2D eigenvalue weighted by molar-refractivity contribution is 0.000998. The zero-order chi connectivity index (χ0) is 24.9. The molecule has 0 saturated carbocycles. The molecule has 6 nitrogen and oxygen atoms in total. The summed E-state index contributed by atoms with van der Waals surface area (Å²) in [7, 11) is 3.25. The van der Waals surface area contributed by atoms with Gasteiger partial charge in [0.05, 0.1) is 6.10 Å². The van der Waals surface area contributed by atoms with Crippen LogP contribution in [0.3, 0.4) is 0 Å². The van der Waals surface area contributed by atoms with Crippen molar-refractivity contribution in [2.24, 2.45) is 0 Å². The molecule has 0 aliphatic carbocycles. The molecule has 1 aliphatic heterocycles. The fourth-order valence-electron chi connectivity index (χ4n) is 4.41. The summed E-state index contributed by atoms with van der Waals surface area (Å²) in [6.45, 7) is 3.78. The number of methoxy groups -OCH3 is 2. The summed E-state index contributed by atoms with van der Waals surface area (Å²) in [5.74, 6) is 2.50. The lowest BCUT2D eigenvalue weighted by Gasteiger charge is -2.42. The van der Waals surface area contributed by atoms with Crippen LogP contribution < -0.4 is 9.47 Å². The average molecular weight is 505 g/mol. The smallest absolute Gasteiger partial charge is 0.188 e. The van der Waals surface area contributed by atoms with Crippen molar-refractivity contribution in [2.75, 3.05) is 46.8 Å². The molecule has 0 saturated heterocycles. The van der Waals surface area contributed by atoms with Crippen LogP contribution in [0.1, 0.15) is 62.7 Å². The first-order chi connectivity index (χ1) is 17.1. The lowest BCUT2D eigenvalue weighted by Crippen LogP contribution is -2.38. The maximum absolute atomic E-state index is 8.94.